The number of furan rings is 2. The van der Waals surface area contributed by atoms with E-state index in [2.05, 4.69) is 41.5 Å². The lowest BCUT2D eigenvalue weighted by Gasteiger charge is -2.24. The fraction of sp³-hybridized carbons (Fsp3) is 0.800. The van der Waals surface area contributed by atoms with E-state index in [0.29, 0.717) is 23.9 Å². The van der Waals surface area contributed by atoms with Gasteiger partial charge in [0.1, 0.15) is 42.8 Å². The average Bonchev–Trinajstić information content (AvgIpc) is 3.64. The molecule has 0 radical (unpaired) electrons. The molecule has 0 saturated heterocycles. The van der Waals surface area contributed by atoms with E-state index in [1.807, 2.05) is 21.1 Å². The van der Waals surface area contributed by atoms with Crippen molar-refractivity contribution < 1.29 is 50.9 Å². The van der Waals surface area contributed by atoms with Gasteiger partial charge in [0.25, 0.3) is 0 Å². The van der Waals surface area contributed by atoms with Crippen LogP contribution in [0.25, 0.3) is 0 Å². The van der Waals surface area contributed by atoms with Crippen LogP contribution in [0.3, 0.4) is 0 Å². The first-order valence-corrected chi connectivity index (χ1v) is 26.0. The number of hydrogen-bond acceptors (Lipinski definition) is 9. The molecular weight excluding hydrogens is 806 g/mol. The molecule has 2 aromatic rings. The van der Waals surface area contributed by atoms with Gasteiger partial charge >= 0.3 is 19.8 Å². The molecule has 358 valence electrons. The third-order valence-electron chi connectivity index (χ3n) is 12.0. The number of phosphoric acid groups is 1. The molecule has 0 aliphatic heterocycles. The summed E-state index contributed by atoms with van der Waals surface area (Å²) in [6.45, 7) is 13.0. The van der Waals surface area contributed by atoms with Crippen molar-refractivity contribution in [2.75, 3.05) is 47.5 Å². The largest absolute Gasteiger partial charge is 0.472 e. The summed E-state index contributed by atoms with van der Waals surface area (Å²) in [7, 11) is 1.43. The molecule has 2 unspecified atom stereocenters. The van der Waals surface area contributed by atoms with Crippen molar-refractivity contribution in [3.63, 3.8) is 0 Å². The second-order valence-electron chi connectivity index (χ2n) is 18.7. The van der Waals surface area contributed by atoms with Crippen LogP contribution < -0.4 is 0 Å². The van der Waals surface area contributed by atoms with Gasteiger partial charge in [-0.1, -0.05) is 104 Å². The molecule has 0 amide bonds. The maximum Gasteiger partial charge on any atom is 0.472 e. The zero-order chi connectivity index (χ0) is 45.8. The highest BCUT2D eigenvalue weighted by Gasteiger charge is 2.27. The predicted octanol–water partition coefficient (Wildman–Crippen LogP) is 12.9. The highest BCUT2D eigenvalue weighted by atomic mass is 31.2. The summed E-state index contributed by atoms with van der Waals surface area (Å²) < 4.78 is 47.0. The van der Waals surface area contributed by atoms with Crippen LogP contribution in [0.2, 0.25) is 0 Å². The Bertz CT molecular complexity index is 1570. The number of quaternary nitrogens is 1. The lowest BCUT2D eigenvalue weighted by Crippen LogP contribution is -2.37. The van der Waals surface area contributed by atoms with Crippen molar-refractivity contribution >= 4 is 19.8 Å². The molecule has 2 aromatic heterocycles. The summed E-state index contributed by atoms with van der Waals surface area (Å²) in [5.74, 6) is 3.77. The molecule has 11 nitrogen and oxygen atoms in total. The number of nitrogens with zero attached hydrogens (tertiary/aromatic N) is 1. The van der Waals surface area contributed by atoms with Crippen LogP contribution in [0, 0.1) is 27.7 Å². The SMILES string of the molecule is CCCCCc1oc(CCCCCCCCCCC(=O)OC(COC(=O)CCCCCCCCc2oc(CCCCC)c(C)c2C)COP(=O)(O)OCC[N+](C)(C)C)c(C)c1C. The molecule has 2 heterocycles. The molecule has 1 N–H and O–H groups in total. The van der Waals surface area contributed by atoms with Crippen LogP contribution in [0.1, 0.15) is 200 Å². The molecule has 12 heteroatoms. The first-order chi connectivity index (χ1) is 29.6. The summed E-state index contributed by atoms with van der Waals surface area (Å²) in [6.07, 6.45) is 25.1. The summed E-state index contributed by atoms with van der Waals surface area (Å²) in [4.78, 5) is 35.7. The fourth-order valence-electron chi connectivity index (χ4n) is 7.61. The highest BCUT2D eigenvalue weighted by molar-refractivity contribution is 7.47. The lowest BCUT2D eigenvalue weighted by atomic mass is 10.0. The van der Waals surface area contributed by atoms with Crippen LogP contribution in [0.4, 0.5) is 0 Å². The number of hydrogen-bond donors (Lipinski definition) is 1. The van der Waals surface area contributed by atoms with Gasteiger partial charge in [-0.25, -0.2) is 4.57 Å². The van der Waals surface area contributed by atoms with E-state index in [9.17, 15) is 19.0 Å². The first-order valence-electron chi connectivity index (χ1n) is 24.5. The number of phosphoric ester groups is 1. The molecule has 0 aromatic carbocycles. The molecule has 0 aliphatic carbocycles. The van der Waals surface area contributed by atoms with E-state index in [1.54, 1.807) is 0 Å². The number of carbonyl (C=O) groups is 2. The number of rotatable bonds is 38. The molecule has 0 spiro atoms. The first kappa shape index (κ1) is 55.7. The average molecular weight is 895 g/mol. The molecule has 62 heavy (non-hydrogen) atoms. The van der Waals surface area contributed by atoms with E-state index in [4.69, 9.17) is 27.4 Å². The third kappa shape index (κ3) is 24.6. The van der Waals surface area contributed by atoms with Crippen LogP contribution in [0.5, 0.6) is 0 Å². The Morgan fingerprint density at radius 2 is 0.919 bits per heavy atom. The number of ether oxygens (including phenoxy) is 2. The second kappa shape index (κ2) is 31.4. The quantitative estimate of drug-likeness (QED) is 0.0300. The number of esters is 2. The maximum absolute atomic E-state index is 12.8. The van der Waals surface area contributed by atoms with Crippen molar-refractivity contribution in [3.8, 4) is 0 Å². The topological polar surface area (TPSA) is 135 Å². The number of unbranched alkanes of at least 4 members (excludes halogenated alkanes) is 16. The number of aryl methyl sites for hydroxylation is 4. The molecule has 0 bridgehead atoms. The number of carbonyl (C=O) groups excluding carboxylic acids is 2. The highest BCUT2D eigenvalue weighted by Crippen LogP contribution is 2.43. The van der Waals surface area contributed by atoms with Gasteiger partial charge in [0.05, 0.1) is 27.7 Å². The third-order valence-corrected chi connectivity index (χ3v) is 13.0. The number of likely N-dealkylation sites (N-methyl/N-ethyl adjacent to an activating group) is 1. The van der Waals surface area contributed by atoms with Crippen molar-refractivity contribution in [3.05, 3.63) is 45.3 Å². The lowest BCUT2D eigenvalue weighted by molar-refractivity contribution is -0.870. The minimum absolute atomic E-state index is 0.0183. The van der Waals surface area contributed by atoms with Gasteiger partial charge in [-0.15, -0.1) is 0 Å². The fourth-order valence-corrected chi connectivity index (χ4v) is 8.35. The van der Waals surface area contributed by atoms with Crippen molar-refractivity contribution in [2.45, 2.75) is 215 Å². The van der Waals surface area contributed by atoms with Crippen molar-refractivity contribution in [1.29, 1.82) is 0 Å². The minimum atomic E-state index is -4.40. The molecule has 0 saturated carbocycles. The Labute approximate surface area is 376 Å². The maximum atomic E-state index is 12.8. The van der Waals surface area contributed by atoms with Crippen LogP contribution in [0.15, 0.2) is 8.83 Å². The predicted molar refractivity (Wildman–Crippen MR) is 250 cm³/mol. The summed E-state index contributed by atoms with van der Waals surface area (Å²) in [6, 6.07) is 0. The summed E-state index contributed by atoms with van der Waals surface area (Å²) in [5, 5.41) is 0. The van der Waals surface area contributed by atoms with E-state index in [0.717, 1.165) is 107 Å². The Hall–Kier alpha value is -2.43. The minimum Gasteiger partial charge on any atom is -0.466 e. The Kier molecular flexibility index (Phi) is 28.3. The van der Waals surface area contributed by atoms with Gasteiger partial charge in [-0.05, 0) is 88.5 Å². The van der Waals surface area contributed by atoms with Gasteiger partial charge in [-0.2, -0.15) is 0 Å². The normalized spacial score (nSPS) is 13.4. The molecule has 2 atom stereocenters. The summed E-state index contributed by atoms with van der Waals surface area (Å²) >= 11 is 0. The zero-order valence-electron chi connectivity index (χ0n) is 40.8. The van der Waals surface area contributed by atoms with Gasteiger partial charge in [0.15, 0.2) is 6.10 Å². The van der Waals surface area contributed by atoms with Crippen LogP contribution in [-0.2, 0) is 58.4 Å². The van der Waals surface area contributed by atoms with E-state index >= 15 is 0 Å². The van der Waals surface area contributed by atoms with Gasteiger partial charge in [0.2, 0.25) is 0 Å². The Morgan fingerprint density at radius 3 is 1.32 bits per heavy atom. The molecule has 0 fully saturated rings. The zero-order valence-corrected chi connectivity index (χ0v) is 41.7. The van der Waals surface area contributed by atoms with E-state index < -0.39 is 32.5 Å². The molecule has 0 aliphatic rings. The standard InChI is InChI=1S/C50H88NO10P/c1-10-12-24-30-45-40(3)42(5)47(60-45)32-26-20-16-14-15-17-23-29-35-50(53)59-44(39-58-62(54,55)57-37-36-51(7,8)9)38-56-49(52)34-28-22-19-18-21-27-33-48-43(6)41(4)46(61-48)31-25-13-11-2/h44H,10-39H2,1-9H3/p+1. The molecular formula is C50H89NO10P+. The van der Waals surface area contributed by atoms with Gasteiger partial charge in [0, 0.05) is 38.5 Å². The Morgan fingerprint density at radius 1 is 0.548 bits per heavy atom. The second-order valence-corrected chi connectivity index (χ2v) is 20.1. The van der Waals surface area contributed by atoms with Gasteiger partial charge in [-0.3, -0.25) is 18.6 Å². The van der Waals surface area contributed by atoms with Gasteiger partial charge < -0.3 is 27.7 Å². The monoisotopic (exact) mass is 895 g/mol. The van der Waals surface area contributed by atoms with Crippen molar-refractivity contribution in [2.24, 2.45) is 0 Å². The van der Waals surface area contributed by atoms with E-state index in [1.165, 1.54) is 79.4 Å². The van der Waals surface area contributed by atoms with Crippen molar-refractivity contribution in [1.82, 2.24) is 0 Å². The molecule has 2 rings (SSSR count). The van der Waals surface area contributed by atoms with E-state index in [-0.39, 0.29) is 26.1 Å². The van der Waals surface area contributed by atoms with Crippen LogP contribution >= 0.6 is 7.82 Å². The van der Waals surface area contributed by atoms with Crippen LogP contribution in [-0.4, -0.2) is 74.9 Å². The smallest absolute Gasteiger partial charge is 0.466 e. The summed E-state index contributed by atoms with van der Waals surface area (Å²) in [5.41, 5.74) is 5.26. The Balaban J connectivity index is 1.67.